The molecule has 0 aliphatic carbocycles. The van der Waals surface area contributed by atoms with Crippen LogP contribution in [0.5, 0.6) is 0 Å². The maximum absolute atomic E-state index is 14.0. The summed E-state index contributed by atoms with van der Waals surface area (Å²) in [6.45, 7) is 8.86. The maximum Gasteiger partial charge on any atom is 0.305 e. The number of rotatable bonds is 16. The van der Waals surface area contributed by atoms with E-state index in [0.717, 1.165) is 22.4 Å². The first-order chi connectivity index (χ1) is 19.5. The summed E-state index contributed by atoms with van der Waals surface area (Å²) in [6.07, 6.45) is 3.45. The van der Waals surface area contributed by atoms with E-state index in [1.807, 2.05) is 62.4 Å². The van der Waals surface area contributed by atoms with Gasteiger partial charge in [-0.05, 0) is 85.7 Å². The Morgan fingerprint density at radius 2 is 1.66 bits per heavy atom. The third-order valence-corrected chi connectivity index (χ3v) is 6.39. The van der Waals surface area contributed by atoms with Gasteiger partial charge in [-0.1, -0.05) is 50.3 Å². The van der Waals surface area contributed by atoms with Crippen LogP contribution in [0.4, 0.5) is 10.1 Å². The molecule has 0 fully saturated rings. The van der Waals surface area contributed by atoms with Crippen molar-refractivity contribution >= 4 is 23.3 Å². The van der Waals surface area contributed by atoms with Gasteiger partial charge in [0.1, 0.15) is 5.82 Å². The van der Waals surface area contributed by atoms with Gasteiger partial charge in [0.05, 0.1) is 25.0 Å². The highest BCUT2D eigenvalue weighted by atomic mass is 19.1. The summed E-state index contributed by atoms with van der Waals surface area (Å²) in [7, 11) is 0. The van der Waals surface area contributed by atoms with Crippen molar-refractivity contribution in [1.82, 2.24) is 4.90 Å². The molecule has 0 heterocycles. The lowest BCUT2D eigenvalue weighted by atomic mass is 9.93. The minimum atomic E-state index is -1.16. The Morgan fingerprint density at radius 1 is 1.00 bits per heavy atom. The van der Waals surface area contributed by atoms with Crippen LogP contribution in [0.25, 0.3) is 5.70 Å². The van der Waals surface area contributed by atoms with Crippen LogP contribution < -0.4 is 5.32 Å². The summed E-state index contributed by atoms with van der Waals surface area (Å²) in [5, 5.41) is 32.6. The van der Waals surface area contributed by atoms with Gasteiger partial charge < -0.3 is 25.5 Å². The molecule has 2 aromatic carbocycles. The number of benzene rings is 2. The summed E-state index contributed by atoms with van der Waals surface area (Å²) in [4.78, 5) is 26.4. The van der Waals surface area contributed by atoms with Gasteiger partial charge in [-0.3, -0.25) is 9.59 Å². The van der Waals surface area contributed by atoms with Crippen LogP contribution >= 0.6 is 0 Å². The molecule has 0 aliphatic rings. The second kappa shape index (κ2) is 17.1. The summed E-state index contributed by atoms with van der Waals surface area (Å²) in [5.74, 6) is -1.52. The molecule has 0 radical (unpaired) electrons. The van der Waals surface area contributed by atoms with E-state index in [0.29, 0.717) is 18.8 Å². The fourth-order valence-electron chi connectivity index (χ4n) is 4.67. The van der Waals surface area contributed by atoms with Crippen molar-refractivity contribution < 1.29 is 29.3 Å². The number of nitrogens with zero attached hydrogens (tertiary/aromatic N) is 1. The molecule has 0 spiro atoms. The number of carbonyl (C=O) groups excluding carboxylic acids is 1. The average Bonchev–Trinajstić information content (AvgIpc) is 2.90. The van der Waals surface area contributed by atoms with Crippen molar-refractivity contribution in [3.63, 3.8) is 0 Å². The summed E-state index contributed by atoms with van der Waals surface area (Å²) < 4.78 is 14.0. The van der Waals surface area contributed by atoms with Gasteiger partial charge in [-0.25, -0.2) is 4.39 Å². The molecule has 8 heteroatoms. The number of amides is 1. The third-order valence-electron chi connectivity index (χ3n) is 6.39. The zero-order valence-electron chi connectivity index (χ0n) is 24.4. The zero-order chi connectivity index (χ0) is 30.4. The maximum atomic E-state index is 14.0. The molecule has 0 saturated carbocycles. The standard InChI is InChI=1S/C33H43FN2O5/c1-5-10-24(6-2)30(21-31(39)35-27-11-8-7-9-12-27)33(25-13-15-26(34)16-14-25)36(22-23(3)4)18-17-28(37)19-29(38)20-32(40)41/h5-16,23,28-29,37-38H,17-22H2,1-4H3,(H,35,39)(H,40,41)/b10-5-,24-6+,33-30+. The van der Waals surface area contributed by atoms with Gasteiger partial charge >= 0.3 is 5.97 Å². The van der Waals surface area contributed by atoms with E-state index in [1.165, 1.54) is 12.1 Å². The monoisotopic (exact) mass is 566 g/mol. The third kappa shape index (κ3) is 11.7. The van der Waals surface area contributed by atoms with Crippen molar-refractivity contribution in [1.29, 1.82) is 0 Å². The van der Waals surface area contributed by atoms with Gasteiger partial charge in [-0.15, -0.1) is 0 Å². The fraction of sp³-hybridized carbons (Fsp3) is 0.394. The molecule has 2 atom stereocenters. The van der Waals surface area contributed by atoms with E-state index in [2.05, 4.69) is 24.1 Å². The highest BCUT2D eigenvalue weighted by Gasteiger charge is 2.24. The first kappa shape index (κ1) is 33.5. The van der Waals surface area contributed by atoms with Gasteiger partial charge in [-0.2, -0.15) is 0 Å². The minimum absolute atomic E-state index is 0.0418. The lowest BCUT2D eigenvalue weighted by Gasteiger charge is -2.33. The Hall–Kier alpha value is -3.75. The smallest absolute Gasteiger partial charge is 0.305 e. The number of allylic oxidation sites excluding steroid dienone is 4. The number of carbonyl (C=O) groups is 2. The Kier molecular flexibility index (Phi) is 14.0. The number of nitrogens with one attached hydrogen (secondary N) is 1. The summed E-state index contributed by atoms with van der Waals surface area (Å²) >= 11 is 0. The minimum Gasteiger partial charge on any atom is -0.481 e. The van der Waals surface area contributed by atoms with Crippen molar-refractivity contribution in [2.75, 3.05) is 18.4 Å². The number of aliphatic hydroxyl groups is 2. The molecule has 41 heavy (non-hydrogen) atoms. The molecule has 0 saturated heterocycles. The number of halogens is 1. The Bertz CT molecular complexity index is 1210. The average molecular weight is 567 g/mol. The summed E-state index contributed by atoms with van der Waals surface area (Å²) in [5.41, 5.74) is 3.72. The van der Waals surface area contributed by atoms with Gasteiger partial charge in [0, 0.05) is 24.5 Å². The van der Waals surface area contributed by atoms with Crippen molar-refractivity contribution in [2.45, 2.75) is 65.6 Å². The second-order valence-corrected chi connectivity index (χ2v) is 10.4. The molecule has 0 bridgehead atoms. The van der Waals surface area contributed by atoms with E-state index in [4.69, 9.17) is 5.11 Å². The van der Waals surface area contributed by atoms with Gasteiger partial charge in [0.25, 0.3) is 0 Å². The molecule has 0 aliphatic heterocycles. The van der Waals surface area contributed by atoms with E-state index in [9.17, 15) is 24.2 Å². The topological polar surface area (TPSA) is 110 Å². The van der Waals surface area contributed by atoms with Crippen LogP contribution in [0.3, 0.4) is 0 Å². The van der Waals surface area contributed by atoms with Crippen molar-refractivity contribution in [3.8, 4) is 0 Å². The Morgan fingerprint density at radius 3 is 2.22 bits per heavy atom. The second-order valence-electron chi connectivity index (χ2n) is 10.4. The van der Waals surface area contributed by atoms with E-state index in [-0.39, 0.29) is 36.9 Å². The molecule has 222 valence electrons. The lowest BCUT2D eigenvalue weighted by Crippen LogP contribution is -2.32. The first-order valence-corrected chi connectivity index (χ1v) is 14.0. The molecule has 2 aromatic rings. The number of aliphatic carboxylic acids is 1. The molecule has 1 amide bonds. The lowest BCUT2D eigenvalue weighted by molar-refractivity contribution is -0.139. The van der Waals surface area contributed by atoms with E-state index < -0.39 is 24.6 Å². The van der Waals surface area contributed by atoms with Crippen molar-refractivity contribution in [2.24, 2.45) is 5.92 Å². The van der Waals surface area contributed by atoms with Gasteiger partial charge in [0.2, 0.25) is 5.91 Å². The number of aliphatic hydroxyl groups excluding tert-OH is 2. The Labute approximate surface area is 242 Å². The molecular formula is C33H43FN2O5. The zero-order valence-corrected chi connectivity index (χ0v) is 24.4. The van der Waals surface area contributed by atoms with Crippen LogP contribution in [0.2, 0.25) is 0 Å². The van der Waals surface area contributed by atoms with Crippen LogP contribution in [0.1, 0.15) is 58.9 Å². The summed E-state index contributed by atoms with van der Waals surface area (Å²) in [6, 6.07) is 15.3. The van der Waals surface area contributed by atoms with Crippen molar-refractivity contribution in [3.05, 3.63) is 95.4 Å². The predicted octanol–water partition coefficient (Wildman–Crippen LogP) is 6.02. The molecular weight excluding hydrogens is 523 g/mol. The normalized spacial score (nSPS) is 14.1. The number of carboxylic acids is 1. The quantitative estimate of drug-likeness (QED) is 0.185. The van der Waals surface area contributed by atoms with Crippen LogP contribution in [-0.4, -0.2) is 57.4 Å². The van der Waals surface area contributed by atoms with Gasteiger partial charge in [0.15, 0.2) is 0 Å². The molecule has 2 rings (SSSR count). The van der Waals surface area contributed by atoms with Crippen LogP contribution in [0, 0.1) is 11.7 Å². The largest absolute Gasteiger partial charge is 0.481 e. The molecule has 7 nitrogen and oxygen atoms in total. The van der Waals surface area contributed by atoms with Crippen LogP contribution in [0.15, 0.2) is 84.0 Å². The van der Waals surface area contributed by atoms with E-state index >= 15 is 0 Å². The van der Waals surface area contributed by atoms with E-state index in [1.54, 1.807) is 12.1 Å². The predicted molar refractivity (Wildman–Crippen MR) is 161 cm³/mol. The SMILES string of the molecule is C\C=C/C(=C\C)C(/CC(=O)Nc1ccccc1)=C(\c1ccc(F)cc1)N(CCC(O)CC(O)CC(=O)O)CC(C)C. The number of hydrogen-bond acceptors (Lipinski definition) is 5. The molecule has 2 unspecified atom stereocenters. The number of hydrogen-bond donors (Lipinski definition) is 4. The highest BCUT2D eigenvalue weighted by molar-refractivity contribution is 5.94. The Balaban J connectivity index is 2.60. The number of carboxylic acid groups (broad SMARTS) is 1. The number of para-hydroxylation sites is 1. The van der Waals surface area contributed by atoms with Crippen LogP contribution in [-0.2, 0) is 9.59 Å². The highest BCUT2D eigenvalue weighted by Crippen LogP contribution is 2.32. The fourth-order valence-corrected chi connectivity index (χ4v) is 4.67. The first-order valence-electron chi connectivity index (χ1n) is 14.0. The number of anilines is 1. The molecule has 0 aromatic heterocycles. The molecule has 4 N–H and O–H groups in total.